The minimum Gasteiger partial charge on any atom is -0.480 e. The Balaban J connectivity index is 2.01. The van der Waals surface area contributed by atoms with E-state index in [9.17, 15) is 9.59 Å². The molecule has 0 bridgehead atoms. The van der Waals surface area contributed by atoms with Crippen molar-refractivity contribution in [2.24, 2.45) is 0 Å². The van der Waals surface area contributed by atoms with Gasteiger partial charge < -0.3 is 10.0 Å². The number of carbonyl (C=O) groups is 2. The molecule has 6 heteroatoms. The maximum Gasteiger partial charge on any atom is 0.326 e. The first-order chi connectivity index (χ1) is 9.49. The molecule has 0 radical (unpaired) electrons. The highest BCUT2D eigenvalue weighted by Crippen LogP contribution is 2.28. The number of benzene rings is 1. The molecule has 20 heavy (non-hydrogen) atoms. The molecule has 1 aliphatic rings. The minimum absolute atomic E-state index is 0.116. The molecule has 4 nitrogen and oxygen atoms in total. The summed E-state index contributed by atoms with van der Waals surface area (Å²) in [5, 5.41) is 9.46. The lowest BCUT2D eigenvalue weighted by Gasteiger charge is -2.24. The van der Waals surface area contributed by atoms with Gasteiger partial charge in [-0.05, 0) is 44.0 Å². The second kappa shape index (κ2) is 6.50. The summed E-state index contributed by atoms with van der Waals surface area (Å²) >= 11 is 7.24. The van der Waals surface area contributed by atoms with Crippen LogP contribution in [0.4, 0.5) is 0 Å². The van der Waals surface area contributed by atoms with Crippen LogP contribution in [-0.2, 0) is 9.59 Å². The van der Waals surface area contributed by atoms with Crippen LogP contribution in [0.1, 0.15) is 19.8 Å². The average molecular weight is 314 g/mol. The Bertz CT molecular complexity index is 506. The maximum atomic E-state index is 12.3. The summed E-state index contributed by atoms with van der Waals surface area (Å²) in [6.45, 7) is 2.33. The number of aliphatic carboxylic acids is 1. The van der Waals surface area contributed by atoms with E-state index in [-0.39, 0.29) is 11.2 Å². The van der Waals surface area contributed by atoms with Crippen LogP contribution in [0.15, 0.2) is 29.2 Å². The second-order valence-electron chi connectivity index (χ2n) is 4.74. The summed E-state index contributed by atoms with van der Waals surface area (Å²) in [6.07, 6.45) is 1.29. The summed E-state index contributed by atoms with van der Waals surface area (Å²) in [4.78, 5) is 25.9. The molecule has 1 aliphatic heterocycles. The van der Waals surface area contributed by atoms with Crippen LogP contribution in [-0.4, -0.2) is 39.7 Å². The summed E-state index contributed by atoms with van der Waals surface area (Å²) < 4.78 is 0. The van der Waals surface area contributed by atoms with Crippen molar-refractivity contribution in [2.45, 2.75) is 36.0 Å². The normalized spacial score (nSPS) is 19.9. The summed E-state index contributed by atoms with van der Waals surface area (Å²) in [7, 11) is 0. The smallest absolute Gasteiger partial charge is 0.326 e. The fraction of sp³-hybridized carbons (Fsp3) is 0.429. The first kappa shape index (κ1) is 15.2. The van der Waals surface area contributed by atoms with Crippen molar-refractivity contribution in [1.82, 2.24) is 4.90 Å². The van der Waals surface area contributed by atoms with E-state index in [4.69, 9.17) is 16.7 Å². The quantitative estimate of drug-likeness (QED) is 0.868. The number of hydrogen-bond donors (Lipinski definition) is 1. The average Bonchev–Trinajstić information content (AvgIpc) is 2.90. The van der Waals surface area contributed by atoms with Crippen molar-refractivity contribution in [3.8, 4) is 0 Å². The number of halogens is 1. The summed E-state index contributed by atoms with van der Waals surface area (Å²) in [5.74, 6) is -1.03. The number of carbonyl (C=O) groups excluding carboxylic acids is 1. The van der Waals surface area contributed by atoms with E-state index in [2.05, 4.69) is 0 Å². The molecule has 1 aromatic carbocycles. The largest absolute Gasteiger partial charge is 0.480 e. The Kier molecular flexibility index (Phi) is 4.94. The number of likely N-dealkylation sites (tertiary alicyclic amines) is 1. The SMILES string of the molecule is CC(Sc1ccc(Cl)cc1)C(=O)N1CCC[C@H]1C(=O)O. The Hall–Kier alpha value is -1.20. The van der Waals surface area contributed by atoms with Gasteiger partial charge in [0.1, 0.15) is 6.04 Å². The van der Waals surface area contributed by atoms with Gasteiger partial charge in [-0.25, -0.2) is 4.79 Å². The van der Waals surface area contributed by atoms with Gasteiger partial charge in [-0.3, -0.25) is 4.79 Å². The minimum atomic E-state index is -0.917. The lowest BCUT2D eigenvalue weighted by molar-refractivity contribution is -0.147. The van der Waals surface area contributed by atoms with E-state index in [1.165, 1.54) is 16.7 Å². The van der Waals surface area contributed by atoms with Crippen LogP contribution in [0, 0.1) is 0 Å². The third-order valence-corrected chi connectivity index (χ3v) is 4.65. The molecule has 1 heterocycles. The van der Waals surface area contributed by atoms with Crippen LogP contribution in [0.25, 0.3) is 0 Å². The van der Waals surface area contributed by atoms with E-state index >= 15 is 0 Å². The van der Waals surface area contributed by atoms with Gasteiger partial charge in [-0.1, -0.05) is 11.6 Å². The zero-order chi connectivity index (χ0) is 14.7. The predicted molar refractivity (Wildman–Crippen MR) is 79.1 cm³/mol. The fourth-order valence-electron chi connectivity index (χ4n) is 2.29. The fourth-order valence-corrected chi connectivity index (χ4v) is 3.35. The third kappa shape index (κ3) is 3.46. The highest BCUT2D eigenvalue weighted by molar-refractivity contribution is 8.00. The van der Waals surface area contributed by atoms with Gasteiger partial charge in [-0.2, -0.15) is 0 Å². The molecule has 1 unspecified atom stereocenters. The molecule has 1 amide bonds. The van der Waals surface area contributed by atoms with Crippen molar-refractivity contribution in [2.75, 3.05) is 6.54 Å². The zero-order valence-electron chi connectivity index (χ0n) is 11.1. The molecule has 0 spiro atoms. The van der Waals surface area contributed by atoms with E-state index in [1.54, 1.807) is 19.1 Å². The lowest BCUT2D eigenvalue weighted by atomic mass is 10.2. The number of hydrogen-bond acceptors (Lipinski definition) is 3. The van der Waals surface area contributed by atoms with Crippen molar-refractivity contribution >= 4 is 35.2 Å². The van der Waals surface area contributed by atoms with Crippen LogP contribution in [0.2, 0.25) is 5.02 Å². The summed E-state index contributed by atoms with van der Waals surface area (Å²) in [5.41, 5.74) is 0. The topological polar surface area (TPSA) is 57.6 Å². The van der Waals surface area contributed by atoms with Gasteiger partial charge in [0.05, 0.1) is 5.25 Å². The molecule has 0 aromatic heterocycles. The Morgan fingerprint density at radius 3 is 2.65 bits per heavy atom. The number of rotatable bonds is 4. The molecular formula is C14H16ClNO3S. The molecule has 1 saturated heterocycles. The van der Waals surface area contributed by atoms with Crippen LogP contribution in [0.5, 0.6) is 0 Å². The van der Waals surface area contributed by atoms with Crippen molar-refractivity contribution in [3.05, 3.63) is 29.3 Å². The van der Waals surface area contributed by atoms with E-state index < -0.39 is 12.0 Å². The molecule has 0 aliphatic carbocycles. The first-order valence-electron chi connectivity index (χ1n) is 6.44. The number of thioether (sulfide) groups is 1. The number of carboxylic acids is 1. The molecule has 108 valence electrons. The predicted octanol–water partition coefficient (Wildman–Crippen LogP) is 2.90. The van der Waals surface area contributed by atoms with Gasteiger partial charge in [0.2, 0.25) is 5.91 Å². The highest BCUT2D eigenvalue weighted by Gasteiger charge is 2.35. The highest BCUT2D eigenvalue weighted by atomic mass is 35.5. The van der Waals surface area contributed by atoms with Crippen molar-refractivity contribution < 1.29 is 14.7 Å². The van der Waals surface area contributed by atoms with Crippen molar-refractivity contribution in [1.29, 1.82) is 0 Å². The van der Waals surface area contributed by atoms with Gasteiger partial charge in [0.25, 0.3) is 0 Å². The Morgan fingerprint density at radius 1 is 1.40 bits per heavy atom. The van der Waals surface area contributed by atoms with Gasteiger partial charge in [0, 0.05) is 16.5 Å². The molecule has 1 fully saturated rings. The zero-order valence-corrected chi connectivity index (χ0v) is 12.7. The van der Waals surface area contributed by atoms with Gasteiger partial charge in [0.15, 0.2) is 0 Å². The molecule has 2 atom stereocenters. The van der Waals surface area contributed by atoms with Gasteiger partial charge >= 0.3 is 5.97 Å². The first-order valence-corrected chi connectivity index (χ1v) is 7.70. The van der Waals surface area contributed by atoms with E-state index in [0.717, 1.165) is 11.3 Å². The third-order valence-electron chi connectivity index (χ3n) is 3.30. The molecule has 1 N–H and O–H groups in total. The molecule has 2 rings (SSSR count). The van der Waals surface area contributed by atoms with E-state index in [0.29, 0.717) is 18.0 Å². The Labute approximate surface area is 127 Å². The van der Waals surface area contributed by atoms with Crippen LogP contribution in [0.3, 0.4) is 0 Å². The van der Waals surface area contributed by atoms with Crippen LogP contribution >= 0.6 is 23.4 Å². The second-order valence-corrected chi connectivity index (χ2v) is 6.59. The van der Waals surface area contributed by atoms with E-state index in [1.807, 2.05) is 12.1 Å². The monoisotopic (exact) mass is 313 g/mol. The molecule has 1 aromatic rings. The molecule has 0 saturated carbocycles. The molecular weight excluding hydrogens is 298 g/mol. The number of carboxylic acid groups (broad SMARTS) is 1. The lowest BCUT2D eigenvalue weighted by Crippen LogP contribution is -2.43. The maximum absolute atomic E-state index is 12.3. The van der Waals surface area contributed by atoms with Crippen LogP contribution < -0.4 is 0 Å². The summed E-state index contributed by atoms with van der Waals surface area (Å²) in [6, 6.07) is 6.59. The Morgan fingerprint density at radius 2 is 2.05 bits per heavy atom. The number of amides is 1. The van der Waals surface area contributed by atoms with Crippen molar-refractivity contribution in [3.63, 3.8) is 0 Å². The number of nitrogens with zero attached hydrogens (tertiary/aromatic N) is 1. The standard InChI is InChI=1S/C14H16ClNO3S/c1-9(20-11-6-4-10(15)5-7-11)13(17)16-8-2-3-12(16)14(18)19/h4-7,9,12H,2-3,8H2,1H3,(H,18,19)/t9?,12-/m0/s1. The van der Waals surface area contributed by atoms with Gasteiger partial charge in [-0.15, -0.1) is 11.8 Å².